The molecule has 0 aromatic heterocycles. The molecule has 1 N–H and O–H groups in total. The second kappa shape index (κ2) is 6.58. The Kier molecular flexibility index (Phi) is 6.20. The first-order valence-electron chi connectivity index (χ1n) is 5.46. The number of hydrogen-bond acceptors (Lipinski definition) is 1. The van der Waals surface area contributed by atoms with Crippen molar-refractivity contribution >= 4 is 6.03 Å². The first kappa shape index (κ1) is 14.1. The maximum Gasteiger partial charge on any atom is 0.317 e. The minimum Gasteiger partial charge on any atom is -0.338 e. The average molecular weight is 224 g/mol. The highest BCUT2D eigenvalue weighted by atomic mass is 19.3. The van der Waals surface area contributed by atoms with Crippen molar-refractivity contribution < 1.29 is 15.0 Å². The molecule has 0 radical (unpaired) electrons. The summed E-state index contributed by atoms with van der Waals surface area (Å²) in [5.41, 5.74) is 0. The number of nitrogens with one attached hydrogen (secondary N) is 1. The zero-order chi connectivity index (χ0) is 11.9. The second-order valence-corrected chi connectivity index (χ2v) is 3.22. The number of carbonyl (C=O) groups excluding carboxylic acids is 1. The molecular formula is C10H22F2N2O. The van der Waals surface area contributed by atoms with E-state index < -0.39 is 12.5 Å². The van der Waals surface area contributed by atoms with Gasteiger partial charge < -0.3 is 10.2 Å². The van der Waals surface area contributed by atoms with Gasteiger partial charge in [-0.15, -0.1) is 0 Å². The zero-order valence-corrected chi connectivity index (χ0v) is 9.65. The van der Waals surface area contributed by atoms with E-state index in [9.17, 15) is 13.6 Å². The van der Waals surface area contributed by atoms with E-state index in [2.05, 4.69) is 5.32 Å². The Labute approximate surface area is 91.3 Å². The molecule has 0 unspecified atom stereocenters. The maximum absolute atomic E-state index is 12.8. The largest absolute Gasteiger partial charge is 0.338 e. The Morgan fingerprint density at radius 2 is 2.13 bits per heavy atom. The molecule has 1 heterocycles. The Morgan fingerprint density at radius 1 is 1.53 bits per heavy atom. The van der Waals surface area contributed by atoms with E-state index in [1.807, 2.05) is 13.8 Å². The van der Waals surface area contributed by atoms with Crippen molar-refractivity contribution in [1.82, 2.24) is 10.2 Å². The van der Waals surface area contributed by atoms with E-state index in [-0.39, 0.29) is 13.9 Å². The third kappa shape index (κ3) is 4.95. The number of amides is 2. The lowest BCUT2D eigenvalue weighted by Gasteiger charge is -2.32. The number of rotatable bonds is 1. The first-order valence-corrected chi connectivity index (χ1v) is 5.46. The van der Waals surface area contributed by atoms with Gasteiger partial charge in [-0.05, 0) is 13.3 Å². The number of carbonyl (C=O) groups is 1. The molecule has 1 rings (SSSR count). The number of halogens is 2. The summed E-state index contributed by atoms with van der Waals surface area (Å²) in [5.74, 6) is -2.71. The minimum absolute atomic E-state index is 0. The monoisotopic (exact) mass is 224 g/mol. The van der Waals surface area contributed by atoms with Crippen LogP contribution < -0.4 is 5.32 Å². The van der Waals surface area contributed by atoms with Crippen molar-refractivity contribution in [2.45, 2.75) is 39.5 Å². The summed E-state index contributed by atoms with van der Waals surface area (Å²) in [7, 11) is 0. The van der Waals surface area contributed by atoms with Gasteiger partial charge in [-0.2, -0.15) is 0 Å². The topological polar surface area (TPSA) is 32.3 Å². The quantitative estimate of drug-likeness (QED) is 0.729. The second-order valence-electron chi connectivity index (χ2n) is 3.22. The van der Waals surface area contributed by atoms with Crippen LogP contribution in [0.1, 0.15) is 35.0 Å². The lowest BCUT2D eigenvalue weighted by atomic mass is 10.1. The molecule has 92 valence electrons. The molecule has 0 atom stereocenters. The molecule has 2 amide bonds. The van der Waals surface area contributed by atoms with Crippen LogP contribution in [-0.2, 0) is 0 Å². The SMILES string of the molecule is CC.CCNC(=O)N1CCCC(F)(F)C1.[HH]. The minimum atomic E-state index is -2.71. The van der Waals surface area contributed by atoms with Gasteiger partial charge in [-0.1, -0.05) is 13.8 Å². The van der Waals surface area contributed by atoms with Crippen LogP contribution in [0.3, 0.4) is 0 Å². The Bertz CT molecular complexity index is 203. The molecule has 1 fully saturated rings. The van der Waals surface area contributed by atoms with Gasteiger partial charge in [0.15, 0.2) is 0 Å². The van der Waals surface area contributed by atoms with Gasteiger partial charge in [0, 0.05) is 20.9 Å². The van der Waals surface area contributed by atoms with Crippen LogP contribution in [-0.4, -0.2) is 36.5 Å². The fourth-order valence-corrected chi connectivity index (χ4v) is 1.40. The van der Waals surface area contributed by atoms with Crippen molar-refractivity contribution in [2.75, 3.05) is 19.6 Å². The standard InChI is InChI=1S/C8H14F2N2O.C2H6.H2/c1-2-11-7(13)12-5-3-4-8(9,10)6-12;1-2;/h2-6H2,1H3,(H,11,13);1-2H3;1H. The molecule has 1 saturated heterocycles. The van der Waals surface area contributed by atoms with Gasteiger partial charge in [-0.25, -0.2) is 13.6 Å². The van der Waals surface area contributed by atoms with Gasteiger partial charge in [-0.3, -0.25) is 0 Å². The number of urea groups is 1. The van der Waals surface area contributed by atoms with Crippen LogP contribution in [0, 0.1) is 0 Å². The predicted octanol–water partition coefficient (Wildman–Crippen LogP) is 2.72. The van der Waals surface area contributed by atoms with Crippen LogP contribution >= 0.6 is 0 Å². The number of likely N-dealkylation sites (tertiary alicyclic amines) is 1. The molecule has 0 saturated carbocycles. The Balaban J connectivity index is 0. The van der Waals surface area contributed by atoms with E-state index >= 15 is 0 Å². The summed E-state index contributed by atoms with van der Waals surface area (Å²) >= 11 is 0. The number of hydrogen-bond donors (Lipinski definition) is 1. The van der Waals surface area contributed by atoms with Crippen molar-refractivity contribution in [3.8, 4) is 0 Å². The molecule has 5 heteroatoms. The lowest BCUT2D eigenvalue weighted by molar-refractivity contribution is -0.0522. The number of alkyl halides is 2. The average Bonchev–Trinajstić information content (AvgIpc) is 2.20. The molecule has 0 aromatic rings. The van der Waals surface area contributed by atoms with Crippen LogP contribution in [0.15, 0.2) is 0 Å². The van der Waals surface area contributed by atoms with E-state index in [1.54, 1.807) is 6.92 Å². The van der Waals surface area contributed by atoms with Crippen LogP contribution in [0.2, 0.25) is 0 Å². The van der Waals surface area contributed by atoms with Crippen molar-refractivity contribution in [3.05, 3.63) is 0 Å². The molecule has 3 nitrogen and oxygen atoms in total. The predicted molar refractivity (Wildman–Crippen MR) is 58.3 cm³/mol. The molecule has 0 aromatic carbocycles. The molecule has 0 aliphatic carbocycles. The van der Waals surface area contributed by atoms with Gasteiger partial charge >= 0.3 is 6.03 Å². The fraction of sp³-hybridized carbons (Fsp3) is 0.900. The smallest absolute Gasteiger partial charge is 0.317 e. The lowest BCUT2D eigenvalue weighted by Crippen LogP contribution is -2.49. The maximum atomic E-state index is 12.8. The summed E-state index contributed by atoms with van der Waals surface area (Å²) < 4.78 is 25.7. The first-order chi connectivity index (χ1) is 7.05. The highest BCUT2D eigenvalue weighted by molar-refractivity contribution is 5.74. The highest BCUT2D eigenvalue weighted by Crippen LogP contribution is 2.26. The van der Waals surface area contributed by atoms with Crippen LogP contribution in [0.4, 0.5) is 13.6 Å². The summed E-state index contributed by atoms with van der Waals surface area (Å²) in [5, 5.41) is 2.51. The molecule has 1 aliphatic heterocycles. The number of piperidine rings is 1. The van der Waals surface area contributed by atoms with Gasteiger partial charge in [0.25, 0.3) is 5.92 Å². The molecule has 0 bridgehead atoms. The normalized spacial score (nSPS) is 18.9. The van der Waals surface area contributed by atoms with E-state index in [1.165, 1.54) is 4.90 Å². The fourth-order valence-electron chi connectivity index (χ4n) is 1.40. The summed E-state index contributed by atoms with van der Waals surface area (Å²) in [4.78, 5) is 12.3. The molecule has 0 spiro atoms. The number of nitrogens with zero attached hydrogens (tertiary/aromatic N) is 1. The third-order valence-corrected chi connectivity index (χ3v) is 2.01. The molecule has 1 aliphatic rings. The molecule has 15 heavy (non-hydrogen) atoms. The van der Waals surface area contributed by atoms with E-state index in [0.717, 1.165) is 0 Å². The molecular weight excluding hydrogens is 202 g/mol. The van der Waals surface area contributed by atoms with Crippen molar-refractivity contribution in [3.63, 3.8) is 0 Å². The summed E-state index contributed by atoms with van der Waals surface area (Å²) in [6, 6.07) is -0.387. The van der Waals surface area contributed by atoms with Crippen LogP contribution in [0.5, 0.6) is 0 Å². The van der Waals surface area contributed by atoms with Gasteiger partial charge in [0.1, 0.15) is 0 Å². The highest BCUT2D eigenvalue weighted by Gasteiger charge is 2.36. The van der Waals surface area contributed by atoms with E-state index in [4.69, 9.17) is 0 Å². The van der Waals surface area contributed by atoms with Crippen LogP contribution in [0.25, 0.3) is 0 Å². The Morgan fingerprint density at radius 3 is 2.60 bits per heavy atom. The zero-order valence-electron chi connectivity index (χ0n) is 9.65. The summed E-state index contributed by atoms with van der Waals surface area (Å²) in [6.45, 7) is 6.22. The Hall–Kier alpha value is -0.870. The van der Waals surface area contributed by atoms with Crippen molar-refractivity contribution in [1.29, 1.82) is 0 Å². The van der Waals surface area contributed by atoms with E-state index in [0.29, 0.717) is 19.5 Å². The van der Waals surface area contributed by atoms with Crippen molar-refractivity contribution in [2.24, 2.45) is 0 Å². The van der Waals surface area contributed by atoms with Gasteiger partial charge in [0.05, 0.1) is 6.54 Å². The van der Waals surface area contributed by atoms with Gasteiger partial charge in [0.2, 0.25) is 0 Å². The summed E-state index contributed by atoms with van der Waals surface area (Å²) in [6.07, 6.45) is 0.271. The third-order valence-electron chi connectivity index (χ3n) is 2.01.